The minimum Gasteiger partial charge on any atom is -0.496 e. The molecule has 2 unspecified atom stereocenters. The van der Waals surface area contributed by atoms with Crippen molar-refractivity contribution in [2.75, 3.05) is 7.11 Å². The fraction of sp³-hybridized carbons (Fsp3) is 0.500. The average molecular weight is 234 g/mol. The van der Waals surface area contributed by atoms with Gasteiger partial charge in [-0.15, -0.1) is 0 Å². The Hall–Kier alpha value is -1.51. The number of ether oxygens (including phenoxy) is 1. The van der Waals surface area contributed by atoms with Crippen LogP contribution in [-0.4, -0.2) is 18.2 Å². The van der Waals surface area contributed by atoms with Gasteiger partial charge in [0.15, 0.2) is 0 Å². The number of rotatable bonds is 3. The van der Waals surface area contributed by atoms with Crippen molar-refractivity contribution in [3.8, 4) is 5.75 Å². The van der Waals surface area contributed by atoms with Crippen molar-refractivity contribution in [2.45, 2.75) is 26.7 Å². The summed E-state index contributed by atoms with van der Waals surface area (Å²) in [5, 5.41) is 9.21. The molecule has 17 heavy (non-hydrogen) atoms. The van der Waals surface area contributed by atoms with Gasteiger partial charge in [0.25, 0.3) is 0 Å². The fourth-order valence-electron chi connectivity index (χ4n) is 2.88. The lowest BCUT2D eigenvalue weighted by molar-refractivity contribution is -0.139. The fourth-order valence-corrected chi connectivity index (χ4v) is 2.88. The molecule has 3 heteroatoms. The van der Waals surface area contributed by atoms with Gasteiger partial charge < -0.3 is 9.84 Å². The van der Waals surface area contributed by atoms with Gasteiger partial charge in [0.05, 0.1) is 13.0 Å². The number of aryl methyl sites for hydroxylation is 1. The molecule has 1 aromatic rings. The summed E-state index contributed by atoms with van der Waals surface area (Å²) in [6.07, 6.45) is 0. The topological polar surface area (TPSA) is 46.5 Å². The first-order valence-electron chi connectivity index (χ1n) is 5.77. The number of hydrogen-bond donors (Lipinski definition) is 1. The first-order valence-corrected chi connectivity index (χ1v) is 5.77. The van der Waals surface area contributed by atoms with Crippen LogP contribution in [0.5, 0.6) is 5.75 Å². The molecule has 3 nitrogen and oxygen atoms in total. The van der Waals surface area contributed by atoms with Crippen molar-refractivity contribution in [1.82, 2.24) is 0 Å². The van der Waals surface area contributed by atoms with E-state index in [-0.39, 0.29) is 17.3 Å². The third-order valence-corrected chi connectivity index (χ3v) is 3.87. The summed E-state index contributed by atoms with van der Waals surface area (Å²) in [5.74, 6) is -0.147. The van der Waals surface area contributed by atoms with Gasteiger partial charge >= 0.3 is 5.97 Å². The summed E-state index contributed by atoms with van der Waals surface area (Å²) in [5.41, 5.74) is 1.88. The average Bonchev–Trinajstić information content (AvgIpc) is 2.81. The first-order chi connectivity index (χ1) is 7.91. The van der Waals surface area contributed by atoms with Crippen LogP contribution in [0, 0.1) is 18.3 Å². The Bertz CT molecular complexity index is 463. The van der Waals surface area contributed by atoms with E-state index in [4.69, 9.17) is 4.74 Å². The van der Waals surface area contributed by atoms with Gasteiger partial charge in [-0.1, -0.05) is 32.0 Å². The summed E-state index contributed by atoms with van der Waals surface area (Å²) >= 11 is 0. The van der Waals surface area contributed by atoms with Crippen LogP contribution in [0.25, 0.3) is 0 Å². The highest BCUT2D eigenvalue weighted by molar-refractivity contribution is 5.78. The molecule has 1 aliphatic rings. The molecule has 0 bridgehead atoms. The second-order valence-electron chi connectivity index (χ2n) is 5.31. The number of hydrogen-bond acceptors (Lipinski definition) is 2. The number of aliphatic carboxylic acids is 1. The number of carboxylic acids is 1. The van der Waals surface area contributed by atoms with Gasteiger partial charge in [0.2, 0.25) is 0 Å². The summed E-state index contributed by atoms with van der Waals surface area (Å²) in [7, 11) is 1.64. The van der Waals surface area contributed by atoms with E-state index in [1.807, 2.05) is 39.0 Å². The van der Waals surface area contributed by atoms with Crippen LogP contribution in [0.4, 0.5) is 0 Å². The number of para-hydroxylation sites is 1. The summed E-state index contributed by atoms with van der Waals surface area (Å²) in [4.78, 5) is 11.2. The van der Waals surface area contributed by atoms with Crippen LogP contribution in [0.2, 0.25) is 0 Å². The normalized spacial score (nSPS) is 25.4. The number of methoxy groups -OCH3 is 1. The Kier molecular flexibility index (Phi) is 2.64. The lowest BCUT2D eigenvalue weighted by Crippen LogP contribution is -2.03. The van der Waals surface area contributed by atoms with Crippen LogP contribution in [0.3, 0.4) is 0 Å². The van der Waals surface area contributed by atoms with E-state index in [0.717, 1.165) is 16.9 Å². The SMILES string of the molecule is COc1c(C)cccc1C1C(C(=O)O)C1(C)C. The minimum atomic E-state index is -0.719. The third-order valence-electron chi connectivity index (χ3n) is 3.87. The van der Waals surface area contributed by atoms with Gasteiger partial charge in [0.1, 0.15) is 5.75 Å². The lowest BCUT2D eigenvalue weighted by atomic mass is 10.00. The molecule has 1 aromatic carbocycles. The van der Waals surface area contributed by atoms with Crippen molar-refractivity contribution >= 4 is 5.97 Å². The highest BCUT2D eigenvalue weighted by Crippen LogP contribution is 2.65. The molecular formula is C14H18O3. The second-order valence-corrected chi connectivity index (χ2v) is 5.31. The standard InChI is InChI=1S/C14H18O3/c1-8-6-5-7-9(12(8)17-4)10-11(13(15)16)14(10,2)3/h5-7,10-11H,1-4H3,(H,15,16). The maximum absolute atomic E-state index is 11.2. The maximum atomic E-state index is 11.2. The zero-order valence-electron chi connectivity index (χ0n) is 10.7. The van der Waals surface area contributed by atoms with Crippen LogP contribution in [-0.2, 0) is 4.79 Å². The Morgan fingerprint density at radius 3 is 2.53 bits per heavy atom. The largest absolute Gasteiger partial charge is 0.496 e. The van der Waals surface area contributed by atoms with Gasteiger partial charge in [-0.05, 0) is 23.5 Å². The molecule has 0 radical (unpaired) electrons. The summed E-state index contributed by atoms with van der Waals surface area (Å²) in [6.45, 7) is 5.98. The molecule has 0 spiro atoms. The molecule has 0 aliphatic heterocycles. The molecule has 0 saturated heterocycles. The molecule has 1 N–H and O–H groups in total. The van der Waals surface area contributed by atoms with E-state index in [1.165, 1.54) is 0 Å². The van der Waals surface area contributed by atoms with E-state index in [0.29, 0.717) is 0 Å². The van der Waals surface area contributed by atoms with E-state index >= 15 is 0 Å². The van der Waals surface area contributed by atoms with Crippen molar-refractivity contribution < 1.29 is 14.6 Å². The van der Waals surface area contributed by atoms with E-state index in [9.17, 15) is 9.90 Å². The number of carbonyl (C=O) groups is 1. The molecular weight excluding hydrogens is 216 g/mol. The molecule has 0 aromatic heterocycles. The van der Waals surface area contributed by atoms with Crippen LogP contribution >= 0.6 is 0 Å². The smallest absolute Gasteiger partial charge is 0.307 e. The van der Waals surface area contributed by atoms with Gasteiger partial charge in [0, 0.05) is 5.92 Å². The molecule has 1 saturated carbocycles. The molecule has 1 fully saturated rings. The first kappa shape index (κ1) is 12.0. The van der Waals surface area contributed by atoms with Gasteiger partial charge in [-0.2, -0.15) is 0 Å². The molecule has 1 aliphatic carbocycles. The Morgan fingerprint density at radius 1 is 1.41 bits per heavy atom. The Morgan fingerprint density at radius 2 is 2.06 bits per heavy atom. The Balaban J connectivity index is 2.43. The molecule has 0 heterocycles. The summed E-state index contributed by atoms with van der Waals surface area (Å²) in [6, 6.07) is 5.91. The second kappa shape index (κ2) is 3.76. The van der Waals surface area contributed by atoms with E-state index < -0.39 is 5.97 Å². The minimum absolute atomic E-state index is 0.0508. The van der Waals surface area contributed by atoms with Crippen molar-refractivity contribution in [2.24, 2.45) is 11.3 Å². The monoisotopic (exact) mass is 234 g/mol. The predicted octanol–water partition coefficient (Wildman–Crippen LogP) is 2.83. The summed E-state index contributed by atoms with van der Waals surface area (Å²) < 4.78 is 5.41. The quantitative estimate of drug-likeness (QED) is 0.874. The van der Waals surface area contributed by atoms with E-state index in [2.05, 4.69) is 0 Å². The van der Waals surface area contributed by atoms with Gasteiger partial charge in [-0.3, -0.25) is 4.79 Å². The van der Waals surface area contributed by atoms with Crippen molar-refractivity contribution in [1.29, 1.82) is 0 Å². The number of benzene rings is 1. The molecule has 2 rings (SSSR count). The maximum Gasteiger partial charge on any atom is 0.307 e. The zero-order valence-corrected chi connectivity index (χ0v) is 10.7. The Labute approximate surface area is 101 Å². The van der Waals surface area contributed by atoms with Crippen LogP contribution in [0.1, 0.15) is 30.9 Å². The van der Waals surface area contributed by atoms with Crippen molar-refractivity contribution in [3.05, 3.63) is 29.3 Å². The van der Waals surface area contributed by atoms with Gasteiger partial charge in [-0.25, -0.2) is 0 Å². The van der Waals surface area contributed by atoms with Crippen LogP contribution in [0.15, 0.2) is 18.2 Å². The molecule has 2 atom stereocenters. The van der Waals surface area contributed by atoms with Crippen molar-refractivity contribution in [3.63, 3.8) is 0 Å². The van der Waals surface area contributed by atoms with E-state index in [1.54, 1.807) is 7.11 Å². The number of carboxylic acid groups (broad SMARTS) is 1. The predicted molar refractivity (Wildman–Crippen MR) is 65.4 cm³/mol. The van der Waals surface area contributed by atoms with Crippen LogP contribution < -0.4 is 4.74 Å². The third kappa shape index (κ3) is 1.70. The molecule has 0 amide bonds. The molecule has 92 valence electrons. The lowest BCUT2D eigenvalue weighted by Gasteiger charge is -2.12. The zero-order chi connectivity index (χ0) is 12.8. The highest BCUT2D eigenvalue weighted by Gasteiger charge is 2.63. The highest BCUT2D eigenvalue weighted by atomic mass is 16.5.